The van der Waals surface area contributed by atoms with Crippen molar-refractivity contribution in [2.24, 2.45) is 0 Å². The van der Waals surface area contributed by atoms with Gasteiger partial charge in [-0.15, -0.1) is 0 Å². The maximum atomic E-state index is 11.0. The van der Waals surface area contributed by atoms with Crippen LogP contribution in [-0.2, 0) is 6.61 Å². The molecule has 0 radical (unpaired) electrons. The first kappa shape index (κ1) is 17.9. The van der Waals surface area contributed by atoms with Crippen LogP contribution in [0.4, 0.5) is 5.69 Å². The molecule has 27 heavy (non-hydrogen) atoms. The number of benzene rings is 2. The second kappa shape index (κ2) is 7.97. The topological polar surface area (TPSA) is 102 Å². The number of hydrogen-bond acceptors (Lipinski definition) is 6. The van der Waals surface area contributed by atoms with Gasteiger partial charge in [0.2, 0.25) is 5.76 Å². The van der Waals surface area contributed by atoms with E-state index in [0.717, 1.165) is 11.1 Å². The van der Waals surface area contributed by atoms with Gasteiger partial charge in [-0.2, -0.15) is 5.26 Å². The molecule has 0 aliphatic rings. The zero-order valence-electron chi connectivity index (χ0n) is 14.5. The third-order valence-corrected chi connectivity index (χ3v) is 3.84. The molecule has 134 valence electrons. The Morgan fingerprint density at radius 3 is 2.52 bits per heavy atom. The number of aryl methyl sites for hydroxylation is 1. The predicted molar refractivity (Wildman–Crippen MR) is 98.8 cm³/mol. The molecule has 0 aliphatic heterocycles. The molecule has 0 atom stereocenters. The van der Waals surface area contributed by atoms with Crippen LogP contribution in [0.5, 0.6) is 5.75 Å². The molecule has 0 N–H and O–H groups in total. The molecule has 0 spiro atoms. The molecule has 0 saturated carbocycles. The van der Waals surface area contributed by atoms with E-state index < -0.39 is 4.92 Å². The molecule has 7 nitrogen and oxygen atoms in total. The van der Waals surface area contributed by atoms with E-state index in [-0.39, 0.29) is 17.1 Å². The van der Waals surface area contributed by atoms with Crippen LogP contribution in [0.3, 0.4) is 0 Å². The Kier molecular flexibility index (Phi) is 5.28. The summed E-state index contributed by atoms with van der Waals surface area (Å²) in [5.41, 5.74) is 2.52. The zero-order chi connectivity index (χ0) is 19.2. The number of nitro groups is 1. The van der Waals surface area contributed by atoms with E-state index in [0.29, 0.717) is 17.9 Å². The molecule has 1 heterocycles. The van der Waals surface area contributed by atoms with Crippen LogP contribution in [-0.4, -0.2) is 10.1 Å². The van der Waals surface area contributed by atoms with Crippen LogP contribution in [0.1, 0.15) is 28.1 Å². The fourth-order valence-electron chi connectivity index (χ4n) is 2.40. The predicted octanol–water partition coefficient (Wildman–Crippen LogP) is 4.51. The largest absolute Gasteiger partial charge is 0.489 e. The number of ether oxygens (including phenoxy) is 1. The van der Waals surface area contributed by atoms with Crippen molar-refractivity contribution in [1.82, 2.24) is 5.16 Å². The Morgan fingerprint density at radius 2 is 1.89 bits per heavy atom. The molecule has 1 aromatic heterocycles. The van der Waals surface area contributed by atoms with Gasteiger partial charge < -0.3 is 9.26 Å². The summed E-state index contributed by atoms with van der Waals surface area (Å²) in [6, 6.07) is 16.5. The standard InChI is InChI=1S/C20H15N3O4/c1-14-20(23(24)25)19(27-22-14)11-8-15-6-9-18(10-7-15)26-13-17-4-2-16(12-21)3-5-17/h2-11H,13H2,1H3/b11-8+. The molecule has 2 aromatic carbocycles. The van der Waals surface area contributed by atoms with Crippen molar-refractivity contribution in [3.05, 3.63) is 86.8 Å². The normalized spacial score (nSPS) is 10.7. The zero-order valence-corrected chi connectivity index (χ0v) is 14.5. The van der Waals surface area contributed by atoms with Gasteiger partial charge in [0.25, 0.3) is 0 Å². The van der Waals surface area contributed by atoms with Gasteiger partial charge in [-0.1, -0.05) is 35.5 Å². The first-order valence-corrected chi connectivity index (χ1v) is 8.07. The fourth-order valence-corrected chi connectivity index (χ4v) is 2.40. The second-order valence-electron chi connectivity index (χ2n) is 5.74. The van der Waals surface area contributed by atoms with Gasteiger partial charge in [-0.25, -0.2) is 0 Å². The monoisotopic (exact) mass is 361 g/mol. The van der Waals surface area contributed by atoms with Gasteiger partial charge >= 0.3 is 5.69 Å². The molecule has 0 fully saturated rings. The maximum absolute atomic E-state index is 11.0. The minimum atomic E-state index is -0.508. The van der Waals surface area contributed by atoms with Gasteiger partial charge in [0.05, 0.1) is 16.6 Å². The van der Waals surface area contributed by atoms with Crippen LogP contribution in [0.15, 0.2) is 53.1 Å². The molecule has 0 bridgehead atoms. The maximum Gasteiger partial charge on any atom is 0.338 e. The van der Waals surface area contributed by atoms with Crippen LogP contribution >= 0.6 is 0 Å². The van der Waals surface area contributed by atoms with E-state index in [2.05, 4.69) is 11.2 Å². The van der Waals surface area contributed by atoms with Crippen molar-refractivity contribution in [2.75, 3.05) is 0 Å². The molecule has 7 heteroatoms. The van der Waals surface area contributed by atoms with Gasteiger partial charge in [0, 0.05) is 0 Å². The Labute approximate surface area is 155 Å². The molecular weight excluding hydrogens is 346 g/mol. The molecular formula is C20H15N3O4. The average Bonchev–Trinajstić information content (AvgIpc) is 3.06. The second-order valence-corrected chi connectivity index (χ2v) is 5.74. The Hall–Kier alpha value is -3.92. The Morgan fingerprint density at radius 1 is 1.19 bits per heavy atom. The first-order chi connectivity index (χ1) is 13.1. The lowest BCUT2D eigenvalue weighted by Crippen LogP contribution is -1.95. The summed E-state index contributed by atoms with van der Waals surface area (Å²) in [5, 5.41) is 23.4. The van der Waals surface area contributed by atoms with Crippen LogP contribution in [0.25, 0.3) is 12.2 Å². The number of nitrogens with zero attached hydrogens (tertiary/aromatic N) is 3. The lowest BCUT2D eigenvalue weighted by Gasteiger charge is -2.06. The summed E-state index contributed by atoms with van der Waals surface area (Å²) in [6.45, 7) is 1.92. The summed E-state index contributed by atoms with van der Waals surface area (Å²) in [7, 11) is 0. The van der Waals surface area contributed by atoms with E-state index in [1.807, 2.05) is 36.4 Å². The fraction of sp³-hybridized carbons (Fsp3) is 0.100. The lowest BCUT2D eigenvalue weighted by molar-refractivity contribution is -0.386. The minimum Gasteiger partial charge on any atom is -0.489 e. The number of rotatable bonds is 6. The van der Waals surface area contributed by atoms with E-state index >= 15 is 0 Å². The Balaban J connectivity index is 1.63. The highest BCUT2D eigenvalue weighted by Crippen LogP contribution is 2.25. The van der Waals surface area contributed by atoms with E-state index in [1.165, 1.54) is 13.0 Å². The first-order valence-electron chi connectivity index (χ1n) is 8.07. The third kappa shape index (κ3) is 4.38. The van der Waals surface area contributed by atoms with Crippen molar-refractivity contribution in [2.45, 2.75) is 13.5 Å². The van der Waals surface area contributed by atoms with Gasteiger partial charge in [0.1, 0.15) is 12.4 Å². The summed E-state index contributed by atoms with van der Waals surface area (Å²) in [5.74, 6) is 0.802. The van der Waals surface area contributed by atoms with Crippen molar-refractivity contribution >= 4 is 17.8 Å². The average molecular weight is 361 g/mol. The van der Waals surface area contributed by atoms with Gasteiger partial charge in [-0.3, -0.25) is 10.1 Å². The quantitative estimate of drug-likeness (QED) is 0.473. The summed E-state index contributed by atoms with van der Waals surface area (Å²) >= 11 is 0. The highest BCUT2D eigenvalue weighted by atomic mass is 16.6. The number of hydrogen-bond donors (Lipinski definition) is 0. The highest BCUT2D eigenvalue weighted by Gasteiger charge is 2.21. The number of aromatic nitrogens is 1. The SMILES string of the molecule is Cc1noc(/C=C/c2ccc(OCc3ccc(C#N)cc3)cc2)c1[N+](=O)[O-]. The molecule has 0 amide bonds. The van der Waals surface area contributed by atoms with Crippen molar-refractivity contribution in [3.63, 3.8) is 0 Å². The summed E-state index contributed by atoms with van der Waals surface area (Å²) in [4.78, 5) is 10.5. The van der Waals surface area contributed by atoms with E-state index in [9.17, 15) is 10.1 Å². The summed E-state index contributed by atoms with van der Waals surface area (Å²) < 4.78 is 10.7. The molecule has 0 unspecified atom stereocenters. The van der Waals surface area contributed by atoms with E-state index in [4.69, 9.17) is 14.5 Å². The summed E-state index contributed by atoms with van der Waals surface area (Å²) in [6.07, 6.45) is 3.22. The highest BCUT2D eigenvalue weighted by molar-refractivity contribution is 5.71. The van der Waals surface area contributed by atoms with Crippen molar-refractivity contribution in [1.29, 1.82) is 5.26 Å². The minimum absolute atomic E-state index is 0.110. The van der Waals surface area contributed by atoms with Crippen LogP contribution in [0, 0.1) is 28.4 Å². The van der Waals surface area contributed by atoms with Gasteiger partial charge in [0.15, 0.2) is 5.69 Å². The van der Waals surface area contributed by atoms with Crippen LogP contribution < -0.4 is 4.74 Å². The molecule has 0 aliphatic carbocycles. The lowest BCUT2D eigenvalue weighted by atomic mass is 10.1. The van der Waals surface area contributed by atoms with Crippen molar-refractivity contribution in [3.8, 4) is 11.8 Å². The molecule has 0 saturated heterocycles. The van der Waals surface area contributed by atoms with Crippen LogP contribution in [0.2, 0.25) is 0 Å². The van der Waals surface area contributed by atoms with Crippen molar-refractivity contribution < 1.29 is 14.2 Å². The number of nitriles is 1. The molecule has 3 rings (SSSR count). The van der Waals surface area contributed by atoms with Gasteiger partial charge in [-0.05, 0) is 48.4 Å². The third-order valence-electron chi connectivity index (χ3n) is 3.84. The molecule has 3 aromatic rings. The van der Waals surface area contributed by atoms with E-state index in [1.54, 1.807) is 18.2 Å². The smallest absolute Gasteiger partial charge is 0.338 e. The Bertz CT molecular complexity index is 1010.